The first kappa shape index (κ1) is 17.1. The normalized spacial score (nSPS) is 12.3. The molecule has 1 aromatic carbocycles. The molecule has 1 aromatic heterocycles. The van der Waals surface area contributed by atoms with Gasteiger partial charge in [-0.2, -0.15) is 0 Å². The maximum Gasteiger partial charge on any atom is 0.242 e. The Morgan fingerprint density at radius 1 is 1.30 bits per heavy atom. The van der Waals surface area contributed by atoms with Crippen LogP contribution >= 0.6 is 0 Å². The first-order valence-corrected chi connectivity index (χ1v) is 7.85. The van der Waals surface area contributed by atoms with E-state index in [1.54, 1.807) is 18.2 Å². The summed E-state index contributed by atoms with van der Waals surface area (Å²) in [5.41, 5.74) is 1.00. The molecule has 2 aromatic rings. The maximum absolute atomic E-state index is 12.6. The molecule has 1 amide bonds. The molecule has 23 heavy (non-hydrogen) atoms. The van der Waals surface area contributed by atoms with E-state index in [0.29, 0.717) is 6.54 Å². The average Bonchev–Trinajstić information content (AvgIpc) is 3.01. The van der Waals surface area contributed by atoms with Gasteiger partial charge in [-0.1, -0.05) is 32.0 Å². The van der Waals surface area contributed by atoms with Crippen molar-refractivity contribution in [1.82, 2.24) is 14.5 Å². The fourth-order valence-electron chi connectivity index (χ4n) is 2.65. The summed E-state index contributed by atoms with van der Waals surface area (Å²) in [6, 6.07) is 7.72. The van der Waals surface area contributed by atoms with Crippen molar-refractivity contribution in [3.8, 4) is 5.75 Å². The molecular weight excluding hydrogens is 290 g/mol. The van der Waals surface area contributed by atoms with Crippen LogP contribution in [0.2, 0.25) is 0 Å². The third-order valence-electron chi connectivity index (χ3n) is 4.13. The average molecular weight is 315 g/mol. The molecule has 0 saturated heterocycles. The van der Waals surface area contributed by atoms with Crippen LogP contribution < -0.4 is 4.74 Å². The Labute approximate surface area is 137 Å². The number of hydrogen-bond donors (Lipinski definition) is 0. The summed E-state index contributed by atoms with van der Waals surface area (Å²) < 4.78 is 7.31. The lowest BCUT2D eigenvalue weighted by Crippen LogP contribution is -2.33. The Morgan fingerprint density at radius 2 is 2.00 bits per heavy atom. The van der Waals surface area contributed by atoms with E-state index in [-0.39, 0.29) is 17.9 Å². The van der Waals surface area contributed by atoms with Gasteiger partial charge in [0.25, 0.3) is 0 Å². The largest absolute Gasteiger partial charge is 0.496 e. The molecule has 124 valence electrons. The van der Waals surface area contributed by atoms with Crippen molar-refractivity contribution in [2.24, 2.45) is 0 Å². The van der Waals surface area contributed by atoms with Gasteiger partial charge in [0.15, 0.2) is 0 Å². The van der Waals surface area contributed by atoms with Crippen LogP contribution in [-0.4, -0.2) is 34.5 Å². The molecular formula is C18H25N3O2. The Hall–Kier alpha value is -2.30. The number of methoxy groups -OCH3 is 1. The van der Waals surface area contributed by atoms with Gasteiger partial charge in [0.2, 0.25) is 5.91 Å². The molecule has 1 atom stereocenters. The van der Waals surface area contributed by atoms with E-state index in [4.69, 9.17) is 4.74 Å². The molecule has 0 saturated carbocycles. The lowest BCUT2D eigenvalue weighted by Gasteiger charge is -2.27. The number of aromatic nitrogens is 2. The van der Waals surface area contributed by atoms with E-state index in [1.165, 1.54) is 0 Å². The number of rotatable bonds is 6. The van der Waals surface area contributed by atoms with Crippen LogP contribution in [0.1, 0.15) is 44.1 Å². The number of hydrogen-bond acceptors (Lipinski definition) is 3. The standard InChI is InChI=1S/C18H25N3O2/c1-13(2)18-19-10-11-21(18)12-17(22)20(4)14(3)15-8-6-7-9-16(15)23-5/h6-11,13-14H,12H2,1-5H3/t14-/m0/s1. The summed E-state index contributed by atoms with van der Waals surface area (Å²) in [6.07, 6.45) is 3.60. The molecule has 0 unspecified atom stereocenters. The van der Waals surface area contributed by atoms with Gasteiger partial charge in [0.05, 0.1) is 13.2 Å². The monoisotopic (exact) mass is 315 g/mol. The third kappa shape index (κ3) is 3.73. The lowest BCUT2D eigenvalue weighted by molar-refractivity contribution is -0.132. The summed E-state index contributed by atoms with van der Waals surface area (Å²) in [6.45, 7) is 6.45. The summed E-state index contributed by atoms with van der Waals surface area (Å²) in [5, 5.41) is 0. The van der Waals surface area contributed by atoms with Gasteiger partial charge >= 0.3 is 0 Å². The third-order valence-corrected chi connectivity index (χ3v) is 4.13. The van der Waals surface area contributed by atoms with E-state index in [2.05, 4.69) is 18.8 Å². The zero-order chi connectivity index (χ0) is 17.0. The van der Waals surface area contributed by atoms with Gasteiger partial charge in [-0.05, 0) is 13.0 Å². The molecule has 0 fully saturated rings. The van der Waals surface area contributed by atoms with Crippen molar-refractivity contribution in [1.29, 1.82) is 0 Å². The Balaban J connectivity index is 2.14. The van der Waals surface area contributed by atoms with Gasteiger partial charge in [0, 0.05) is 30.9 Å². The van der Waals surface area contributed by atoms with E-state index >= 15 is 0 Å². The van der Waals surface area contributed by atoms with Crippen molar-refractivity contribution < 1.29 is 9.53 Å². The minimum absolute atomic E-state index is 0.0447. The highest BCUT2D eigenvalue weighted by atomic mass is 16.5. The molecule has 5 nitrogen and oxygen atoms in total. The van der Waals surface area contributed by atoms with Gasteiger partial charge < -0.3 is 14.2 Å². The molecule has 0 aliphatic carbocycles. The highest BCUT2D eigenvalue weighted by molar-refractivity contribution is 5.76. The molecule has 0 spiro atoms. The quantitative estimate of drug-likeness (QED) is 0.822. The zero-order valence-electron chi connectivity index (χ0n) is 14.5. The van der Waals surface area contributed by atoms with Crippen molar-refractivity contribution >= 4 is 5.91 Å². The molecule has 5 heteroatoms. The van der Waals surface area contributed by atoms with Gasteiger partial charge in [-0.15, -0.1) is 0 Å². The first-order chi connectivity index (χ1) is 11.0. The van der Waals surface area contributed by atoms with Crippen LogP contribution in [0.4, 0.5) is 0 Å². The van der Waals surface area contributed by atoms with E-state index < -0.39 is 0 Å². The van der Waals surface area contributed by atoms with Gasteiger partial charge in [-0.3, -0.25) is 4.79 Å². The van der Waals surface area contributed by atoms with Crippen molar-refractivity contribution in [2.75, 3.05) is 14.2 Å². The number of imidazole rings is 1. The van der Waals surface area contributed by atoms with Gasteiger partial charge in [-0.25, -0.2) is 4.98 Å². The summed E-state index contributed by atoms with van der Waals surface area (Å²) in [5.74, 6) is 2.06. The molecule has 0 N–H and O–H groups in total. The minimum atomic E-state index is -0.0651. The highest BCUT2D eigenvalue weighted by Gasteiger charge is 2.21. The van der Waals surface area contributed by atoms with Crippen molar-refractivity contribution in [3.63, 3.8) is 0 Å². The molecule has 0 aliphatic rings. The fourth-order valence-corrected chi connectivity index (χ4v) is 2.65. The van der Waals surface area contributed by atoms with Crippen LogP contribution in [-0.2, 0) is 11.3 Å². The number of nitrogens with zero attached hydrogens (tertiary/aromatic N) is 3. The highest BCUT2D eigenvalue weighted by Crippen LogP contribution is 2.28. The first-order valence-electron chi connectivity index (χ1n) is 7.85. The summed E-state index contributed by atoms with van der Waals surface area (Å²) in [4.78, 5) is 18.7. The number of amides is 1. The Bertz CT molecular complexity index is 664. The molecule has 0 aliphatic heterocycles. The number of ether oxygens (including phenoxy) is 1. The predicted octanol–water partition coefficient (Wildman–Crippen LogP) is 3.23. The van der Waals surface area contributed by atoms with Gasteiger partial charge in [0.1, 0.15) is 18.1 Å². The number of carbonyl (C=O) groups is 1. The summed E-state index contributed by atoms with van der Waals surface area (Å²) >= 11 is 0. The smallest absolute Gasteiger partial charge is 0.242 e. The fraction of sp³-hybridized carbons (Fsp3) is 0.444. The van der Waals surface area contributed by atoms with Crippen LogP contribution in [0.25, 0.3) is 0 Å². The second-order valence-corrected chi connectivity index (χ2v) is 5.99. The predicted molar refractivity (Wildman–Crippen MR) is 90.5 cm³/mol. The van der Waals surface area contributed by atoms with Crippen molar-refractivity contribution in [3.05, 3.63) is 48.0 Å². The molecule has 0 radical (unpaired) electrons. The summed E-state index contributed by atoms with van der Waals surface area (Å²) in [7, 11) is 3.47. The van der Waals surface area contributed by atoms with Crippen molar-refractivity contribution in [2.45, 2.75) is 39.3 Å². The SMILES string of the molecule is COc1ccccc1[C@H](C)N(C)C(=O)Cn1ccnc1C(C)C. The van der Waals surface area contributed by atoms with E-state index in [9.17, 15) is 4.79 Å². The van der Waals surface area contributed by atoms with E-state index in [1.807, 2.05) is 49.0 Å². The molecule has 0 bridgehead atoms. The lowest BCUT2D eigenvalue weighted by atomic mass is 10.1. The Morgan fingerprint density at radius 3 is 2.65 bits per heavy atom. The molecule has 2 rings (SSSR count). The van der Waals surface area contributed by atoms with Crippen LogP contribution in [0, 0.1) is 0 Å². The minimum Gasteiger partial charge on any atom is -0.496 e. The second-order valence-electron chi connectivity index (χ2n) is 5.99. The number of likely N-dealkylation sites (N-methyl/N-ethyl adjacent to an activating group) is 1. The topological polar surface area (TPSA) is 47.4 Å². The van der Waals surface area contributed by atoms with Crippen LogP contribution in [0.3, 0.4) is 0 Å². The maximum atomic E-state index is 12.6. The second kappa shape index (κ2) is 7.31. The van der Waals surface area contributed by atoms with Crippen LogP contribution in [0.15, 0.2) is 36.7 Å². The zero-order valence-corrected chi connectivity index (χ0v) is 14.5. The van der Waals surface area contributed by atoms with E-state index in [0.717, 1.165) is 17.1 Å². The Kier molecular flexibility index (Phi) is 5.42. The number of benzene rings is 1. The van der Waals surface area contributed by atoms with Crippen LogP contribution in [0.5, 0.6) is 5.75 Å². The number of carbonyl (C=O) groups excluding carboxylic acids is 1. The number of para-hydroxylation sites is 1. The molecule has 1 heterocycles.